The number of alkyl halides is 1. The molecule has 5 nitrogen and oxygen atoms in total. The third kappa shape index (κ3) is 6.14. The van der Waals surface area contributed by atoms with E-state index < -0.39 is 5.66 Å². The lowest BCUT2D eigenvalue weighted by Crippen LogP contribution is -2.26. The average molecular weight is 399 g/mol. The SMILES string of the molecule is CCc1ccc(CCl)o1.O=C=O.[C-]#[N+]C(CC#C)([N+]#[C-])C1=CC2CCC(C1)C2. The van der Waals surface area contributed by atoms with E-state index in [-0.39, 0.29) is 12.6 Å². The van der Waals surface area contributed by atoms with Crippen molar-refractivity contribution in [1.29, 1.82) is 0 Å². The number of nitrogens with zero attached hydrogens (tertiary/aromatic N) is 2. The van der Waals surface area contributed by atoms with Crippen LogP contribution < -0.4 is 0 Å². The second-order valence-electron chi connectivity index (χ2n) is 6.69. The standard InChI is InChI=1S/C14H14N2.C7H9ClO.CO2/c1-4-7-14(15-2,16-3)13-9-11-5-6-12(8-11)10-13;1-2-6-3-4-7(5-8)9-6;2-1-3/h1,9,11-12H,5-8,10H2;3-4H,2,5H2,1H3;. The molecule has 1 aromatic rings. The van der Waals surface area contributed by atoms with Crippen molar-refractivity contribution in [3.05, 3.63) is 58.1 Å². The normalized spacial score (nSPS) is 19.2. The van der Waals surface area contributed by atoms with Crippen molar-refractivity contribution in [2.24, 2.45) is 11.8 Å². The van der Waals surface area contributed by atoms with Gasteiger partial charge in [0.1, 0.15) is 17.1 Å². The van der Waals surface area contributed by atoms with Crippen molar-refractivity contribution in [3.63, 3.8) is 0 Å². The quantitative estimate of drug-likeness (QED) is 0.300. The summed E-state index contributed by atoms with van der Waals surface area (Å²) in [5.41, 5.74) is -0.0927. The lowest BCUT2D eigenvalue weighted by atomic mass is 9.82. The summed E-state index contributed by atoms with van der Waals surface area (Å²) < 4.78 is 5.25. The Morgan fingerprint density at radius 1 is 1.29 bits per heavy atom. The number of furan rings is 1. The number of allylic oxidation sites excluding steroid dienone is 1. The van der Waals surface area contributed by atoms with Gasteiger partial charge >= 0.3 is 11.8 Å². The van der Waals surface area contributed by atoms with Crippen LogP contribution in [0.15, 0.2) is 28.2 Å². The molecule has 3 rings (SSSR count). The highest BCUT2D eigenvalue weighted by molar-refractivity contribution is 6.16. The second-order valence-corrected chi connectivity index (χ2v) is 6.96. The molecule has 0 aromatic carbocycles. The number of rotatable bonds is 4. The molecule has 1 aromatic heterocycles. The highest BCUT2D eigenvalue weighted by Crippen LogP contribution is 2.45. The fourth-order valence-corrected chi connectivity index (χ4v) is 3.74. The van der Waals surface area contributed by atoms with Crippen LogP contribution >= 0.6 is 11.6 Å². The first-order valence-electron chi connectivity index (χ1n) is 9.07. The number of fused-ring (bicyclic) bond motifs is 2. The summed E-state index contributed by atoms with van der Waals surface area (Å²) >= 11 is 5.50. The zero-order valence-corrected chi connectivity index (χ0v) is 16.7. The van der Waals surface area contributed by atoms with Crippen LogP contribution in [0.1, 0.15) is 50.5 Å². The lowest BCUT2D eigenvalue weighted by Gasteiger charge is -2.20. The van der Waals surface area contributed by atoms with Crippen LogP contribution in [0.3, 0.4) is 0 Å². The Bertz CT molecular complexity index is 797. The molecule has 0 spiro atoms. The Balaban J connectivity index is 0.000000276. The second kappa shape index (κ2) is 11.8. The third-order valence-corrected chi connectivity index (χ3v) is 5.22. The van der Waals surface area contributed by atoms with E-state index in [0.717, 1.165) is 29.9 Å². The van der Waals surface area contributed by atoms with Crippen molar-refractivity contribution >= 4 is 17.8 Å². The van der Waals surface area contributed by atoms with E-state index in [2.05, 4.69) is 28.6 Å². The first kappa shape index (κ1) is 23.3. The fraction of sp³-hybridized carbons (Fsp3) is 0.500. The molecule has 1 saturated carbocycles. The summed E-state index contributed by atoms with van der Waals surface area (Å²) in [5.74, 6) is 6.10. The lowest BCUT2D eigenvalue weighted by molar-refractivity contribution is -0.191. The maximum Gasteiger partial charge on any atom is 0.516 e. The van der Waals surface area contributed by atoms with Crippen molar-refractivity contribution < 1.29 is 14.0 Å². The highest BCUT2D eigenvalue weighted by Gasteiger charge is 2.50. The van der Waals surface area contributed by atoms with Gasteiger partial charge in [-0.1, -0.05) is 18.9 Å². The van der Waals surface area contributed by atoms with Gasteiger partial charge in [-0.3, -0.25) is 0 Å². The first-order valence-corrected chi connectivity index (χ1v) is 9.60. The molecule has 0 amide bonds. The zero-order chi connectivity index (χ0) is 21.0. The molecule has 0 N–H and O–H groups in total. The zero-order valence-electron chi connectivity index (χ0n) is 15.9. The summed E-state index contributed by atoms with van der Waals surface area (Å²) in [6.07, 6.45) is 13.5. The number of carbonyl (C=O) groups excluding carboxylic acids is 2. The molecular formula is C22H23ClN2O3. The van der Waals surface area contributed by atoms with Gasteiger partial charge in [-0.05, 0) is 49.7 Å². The molecular weight excluding hydrogens is 376 g/mol. The van der Waals surface area contributed by atoms with Gasteiger partial charge in [0.2, 0.25) is 0 Å². The number of hydrogen-bond acceptors (Lipinski definition) is 3. The van der Waals surface area contributed by atoms with Gasteiger partial charge in [0, 0.05) is 6.42 Å². The van der Waals surface area contributed by atoms with Crippen LogP contribution in [0.25, 0.3) is 9.69 Å². The molecule has 2 aliphatic rings. The Labute approximate surface area is 171 Å². The third-order valence-electron chi connectivity index (χ3n) is 4.96. The monoisotopic (exact) mass is 398 g/mol. The Hall–Kier alpha value is -2.77. The van der Waals surface area contributed by atoms with Gasteiger partial charge in [-0.15, -0.1) is 18.0 Å². The van der Waals surface area contributed by atoms with Crippen molar-refractivity contribution in [3.8, 4) is 12.3 Å². The van der Waals surface area contributed by atoms with Gasteiger partial charge < -0.3 is 4.42 Å². The summed E-state index contributed by atoms with van der Waals surface area (Å²) in [6, 6.07) is 3.86. The maximum atomic E-state index is 8.12. The first-order chi connectivity index (χ1) is 13.5. The van der Waals surface area contributed by atoms with E-state index in [1.807, 2.05) is 12.1 Å². The van der Waals surface area contributed by atoms with Crippen LogP contribution in [0.5, 0.6) is 0 Å². The summed E-state index contributed by atoms with van der Waals surface area (Å²) in [7, 11) is 0. The minimum Gasteiger partial charge on any atom is -0.465 e. The van der Waals surface area contributed by atoms with Crippen LogP contribution in [0, 0.1) is 37.3 Å². The van der Waals surface area contributed by atoms with E-state index in [0.29, 0.717) is 17.7 Å². The van der Waals surface area contributed by atoms with Crippen LogP contribution in [-0.4, -0.2) is 11.8 Å². The summed E-state index contributed by atoms with van der Waals surface area (Å²) in [5, 5.41) is 0. The topological polar surface area (TPSA) is 56.0 Å². The van der Waals surface area contributed by atoms with E-state index in [9.17, 15) is 0 Å². The minimum atomic E-state index is -1.09. The summed E-state index contributed by atoms with van der Waals surface area (Å²) in [4.78, 5) is 23.3. The average Bonchev–Trinajstić information content (AvgIpc) is 3.33. The van der Waals surface area contributed by atoms with Crippen LogP contribution in [0.2, 0.25) is 0 Å². The molecule has 2 unspecified atom stereocenters. The van der Waals surface area contributed by atoms with Crippen molar-refractivity contribution in [2.45, 2.75) is 57.0 Å². The van der Waals surface area contributed by atoms with Gasteiger partial charge in [0.25, 0.3) is 0 Å². The molecule has 2 atom stereocenters. The van der Waals surface area contributed by atoms with Crippen molar-refractivity contribution in [1.82, 2.24) is 0 Å². The number of terminal acetylenes is 1. The molecule has 0 radical (unpaired) electrons. The van der Waals surface area contributed by atoms with E-state index >= 15 is 0 Å². The molecule has 2 aliphatic carbocycles. The fourth-order valence-electron chi connectivity index (χ4n) is 3.60. The highest BCUT2D eigenvalue weighted by atomic mass is 35.5. The smallest absolute Gasteiger partial charge is 0.465 e. The van der Waals surface area contributed by atoms with Gasteiger partial charge in [0.15, 0.2) is 6.42 Å². The molecule has 0 aliphatic heterocycles. The van der Waals surface area contributed by atoms with E-state index in [1.165, 1.54) is 19.3 Å². The van der Waals surface area contributed by atoms with Crippen molar-refractivity contribution in [2.75, 3.05) is 0 Å². The Kier molecular flexibility index (Phi) is 9.84. The van der Waals surface area contributed by atoms with Gasteiger partial charge in [0.05, 0.1) is 5.88 Å². The minimum absolute atomic E-state index is 0.227. The molecule has 28 heavy (non-hydrogen) atoms. The molecule has 1 heterocycles. The molecule has 146 valence electrons. The number of aryl methyl sites for hydroxylation is 1. The van der Waals surface area contributed by atoms with Gasteiger partial charge in [-0.25, -0.2) is 22.8 Å². The van der Waals surface area contributed by atoms with Gasteiger partial charge in [-0.2, -0.15) is 9.59 Å². The Morgan fingerprint density at radius 3 is 2.36 bits per heavy atom. The van der Waals surface area contributed by atoms with E-state index in [4.69, 9.17) is 45.2 Å². The number of halogens is 1. The molecule has 0 saturated heterocycles. The molecule has 6 heteroatoms. The van der Waals surface area contributed by atoms with E-state index in [1.54, 1.807) is 0 Å². The Morgan fingerprint density at radius 2 is 1.93 bits per heavy atom. The summed E-state index contributed by atoms with van der Waals surface area (Å²) in [6.45, 7) is 16.6. The predicted molar refractivity (Wildman–Crippen MR) is 106 cm³/mol. The molecule has 1 fully saturated rings. The predicted octanol–water partition coefficient (Wildman–Crippen LogP) is 5.29. The number of hydrogen-bond donors (Lipinski definition) is 0. The maximum absolute atomic E-state index is 8.12. The largest absolute Gasteiger partial charge is 0.516 e. The van der Waals surface area contributed by atoms with Crippen LogP contribution in [0.4, 0.5) is 0 Å². The molecule has 2 bridgehead atoms. The van der Waals surface area contributed by atoms with Crippen LogP contribution in [-0.2, 0) is 21.9 Å².